The molecule has 10 nitrogen and oxygen atoms in total. The molecule has 0 radical (unpaired) electrons. The number of rotatable bonds is 9. The third kappa shape index (κ3) is 6.09. The number of amides is 2. The van der Waals surface area contributed by atoms with Crippen LogP contribution in [0.4, 0.5) is 11.4 Å². The highest BCUT2D eigenvalue weighted by Crippen LogP contribution is 2.37. The fourth-order valence-electron chi connectivity index (χ4n) is 3.26. The van der Waals surface area contributed by atoms with Gasteiger partial charge in [0.25, 0.3) is 5.91 Å². The van der Waals surface area contributed by atoms with Gasteiger partial charge in [0, 0.05) is 23.1 Å². The minimum atomic E-state index is -0.331. The van der Waals surface area contributed by atoms with Crippen LogP contribution < -0.4 is 20.1 Å². The predicted molar refractivity (Wildman–Crippen MR) is 128 cm³/mol. The zero-order valence-electron chi connectivity index (χ0n) is 20.1. The minimum Gasteiger partial charge on any atom is -0.492 e. The Bertz CT molecular complexity index is 1140. The van der Waals surface area contributed by atoms with Crippen LogP contribution >= 0.6 is 0 Å². The quantitative estimate of drug-likeness (QED) is 0.494. The molecule has 0 bridgehead atoms. The Morgan fingerprint density at radius 1 is 0.941 bits per heavy atom. The number of anilines is 2. The molecule has 3 aromatic rings. The average molecular weight is 467 g/mol. The number of hydrogen-bond donors (Lipinski definition) is 2. The summed E-state index contributed by atoms with van der Waals surface area (Å²) in [5, 5.41) is 17.4. The molecule has 0 atom stereocenters. The third-order valence-electron chi connectivity index (χ3n) is 4.74. The van der Waals surface area contributed by atoms with Gasteiger partial charge < -0.3 is 20.1 Å². The fraction of sp³-hybridized carbons (Fsp3) is 0.375. The first-order valence-electron chi connectivity index (χ1n) is 11.1. The first-order chi connectivity index (χ1) is 16.2. The molecule has 0 fully saturated rings. The number of aromatic nitrogens is 4. The van der Waals surface area contributed by atoms with E-state index in [2.05, 4.69) is 26.2 Å². The fourth-order valence-corrected chi connectivity index (χ4v) is 3.26. The van der Waals surface area contributed by atoms with Gasteiger partial charge in [-0.3, -0.25) is 9.59 Å². The van der Waals surface area contributed by atoms with Gasteiger partial charge in [0.05, 0.1) is 24.6 Å². The van der Waals surface area contributed by atoms with E-state index in [-0.39, 0.29) is 23.8 Å². The van der Waals surface area contributed by atoms with Gasteiger partial charge in [-0.2, -0.15) is 0 Å². The van der Waals surface area contributed by atoms with E-state index in [1.54, 1.807) is 36.4 Å². The SMILES string of the molecule is CCOc1cc(NC(=O)c2ccccc2)c(OCC)cc1NC(=O)Cn1nnnc1C(C)(C)C. The molecule has 3 rings (SSSR count). The summed E-state index contributed by atoms with van der Waals surface area (Å²) < 4.78 is 12.9. The van der Waals surface area contributed by atoms with E-state index in [9.17, 15) is 9.59 Å². The zero-order chi connectivity index (χ0) is 24.7. The normalized spacial score (nSPS) is 11.1. The molecule has 0 unspecified atom stereocenters. The number of ether oxygens (including phenoxy) is 2. The molecule has 0 spiro atoms. The van der Waals surface area contributed by atoms with Gasteiger partial charge in [0.1, 0.15) is 18.0 Å². The molecule has 2 amide bonds. The van der Waals surface area contributed by atoms with Crippen molar-refractivity contribution in [3.63, 3.8) is 0 Å². The Kier molecular flexibility index (Phi) is 7.83. The van der Waals surface area contributed by atoms with Gasteiger partial charge in [-0.15, -0.1) is 5.10 Å². The van der Waals surface area contributed by atoms with E-state index in [1.165, 1.54) is 4.68 Å². The van der Waals surface area contributed by atoms with E-state index >= 15 is 0 Å². The molecule has 1 aromatic heterocycles. The van der Waals surface area contributed by atoms with E-state index in [0.717, 1.165) is 0 Å². The van der Waals surface area contributed by atoms with Gasteiger partial charge in [-0.25, -0.2) is 4.68 Å². The summed E-state index contributed by atoms with van der Waals surface area (Å²) in [6, 6.07) is 12.1. The summed E-state index contributed by atoms with van der Waals surface area (Å²) in [7, 11) is 0. The van der Waals surface area contributed by atoms with Crippen molar-refractivity contribution in [3.05, 3.63) is 53.9 Å². The van der Waals surface area contributed by atoms with Crippen molar-refractivity contribution in [1.82, 2.24) is 20.2 Å². The van der Waals surface area contributed by atoms with Crippen LogP contribution in [-0.4, -0.2) is 45.2 Å². The maximum absolute atomic E-state index is 12.8. The van der Waals surface area contributed by atoms with Crippen molar-refractivity contribution in [3.8, 4) is 11.5 Å². The summed E-state index contributed by atoms with van der Waals surface area (Å²) in [5.41, 5.74) is 1.04. The van der Waals surface area contributed by atoms with Gasteiger partial charge in [0.15, 0.2) is 5.82 Å². The lowest BCUT2D eigenvalue weighted by atomic mass is 9.96. The molecule has 2 aromatic carbocycles. The highest BCUT2D eigenvalue weighted by Gasteiger charge is 2.24. The number of nitrogens with one attached hydrogen (secondary N) is 2. The van der Waals surface area contributed by atoms with Crippen molar-refractivity contribution < 1.29 is 19.1 Å². The third-order valence-corrected chi connectivity index (χ3v) is 4.74. The summed E-state index contributed by atoms with van der Waals surface area (Å²) >= 11 is 0. The summed E-state index contributed by atoms with van der Waals surface area (Å²) in [6.45, 7) is 10.2. The van der Waals surface area contributed by atoms with Crippen molar-refractivity contribution in [2.75, 3.05) is 23.8 Å². The maximum Gasteiger partial charge on any atom is 0.255 e. The smallest absolute Gasteiger partial charge is 0.255 e. The van der Waals surface area contributed by atoms with Gasteiger partial charge in [-0.05, 0) is 36.4 Å². The number of nitrogens with zero attached hydrogens (tertiary/aromatic N) is 4. The molecule has 0 aliphatic heterocycles. The topological polar surface area (TPSA) is 120 Å². The second-order valence-electron chi connectivity index (χ2n) is 8.49. The Morgan fingerprint density at radius 2 is 1.53 bits per heavy atom. The van der Waals surface area contributed by atoms with Crippen LogP contribution in [-0.2, 0) is 16.8 Å². The highest BCUT2D eigenvalue weighted by molar-refractivity contribution is 6.05. The van der Waals surface area contributed by atoms with Crippen LogP contribution in [0.15, 0.2) is 42.5 Å². The van der Waals surface area contributed by atoms with Crippen LogP contribution in [0.5, 0.6) is 11.5 Å². The Morgan fingerprint density at radius 3 is 2.09 bits per heavy atom. The second-order valence-corrected chi connectivity index (χ2v) is 8.49. The second kappa shape index (κ2) is 10.8. The number of carbonyl (C=O) groups excluding carboxylic acids is 2. The lowest BCUT2D eigenvalue weighted by Gasteiger charge is -2.19. The van der Waals surface area contributed by atoms with E-state index < -0.39 is 0 Å². The standard InChI is InChI=1S/C24H30N6O4/c1-6-33-19-14-18(26-22(32)16-11-9-8-10-12-16)20(34-7-2)13-17(19)25-21(31)15-30-23(24(3,4)5)27-28-29-30/h8-14H,6-7,15H2,1-5H3,(H,25,31)(H,26,32). The lowest BCUT2D eigenvalue weighted by molar-refractivity contribution is -0.117. The molecular weight excluding hydrogens is 436 g/mol. The van der Waals surface area contributed by atoms with Crippen molar-refractivity contribution in [2.45, 2.75) is 46.6 Å². The Balaban J connectivity index is 1.87. The first-order valence-corrected chi connectivity index (χ1v) is 11.1. The summed E-state index contributed by atoms with van der Waals surface area (Å²) in [4.78, 5) is 25.5. The van der Waals surface area contributed by atoms with Gasteiger partial charge >= 0.3 is 0 Å². The zero-order valence-corrected chi connectivity index (χ0v) is 20.1. The van der Waals surface area contributed by atoms with Crippen LogP contribution in [0.1, 0.15) is 50.8 Å². The molecule has 2 N–H and O–H groups in total. The van der Waals surface area contributed by atoms with Gasteiger partial charge in [-0.1, -0.05) is 39.0 Å². The monoisotopic (exact) mass is 466 g/mol. The molecule has 0 aliphatic rings. The largest absolute Gasteiger partial charge is 0.492 e. The van der Waals surface area contributed by atoms with Gasteiger partial charge in [0.2, 0.25) is 5.91 Å². The van der Waals surface area contributed by atoms with Crippen LogP contribution in [0, 0.1) is 0 Å². The molecule has 0 aliphatic carbocycles. The summed E-state index contributed by atoms with van der Waals surface area (Å²) in [5.74, 6) is 0.789. The van der Waals surface area contributed by atoms with Crippen LogP contribution in [0.25, 0.3) is 0 Å². The molecule has 180 valence electrons. The van der Waals surface area contributed by atoms with Crippen molar-refractivity contribution in [1.29, 1.82) is 0 Å². The number of hydrogen-bond acceptors (Lipinski definition) is 7. The number of carbonyl (C=O) groups is 2. The Labute approximate surface area is 198 Å². The minimum absolute atomic E-state index is 0.0678. The summed E-state index contributed by atoms with van der Waals surface area (Å²) in [6.07, 6.45) is 0. The maximum atomic E-state index is 12.8. The highest BCUT2D eigenvalue weighted by atomic mass is 16.5. The van der Waals surface area contributed by atoms with E-state index in [1.807, 2.05) is 40.7 Å². The molecule has 34 heavy (non-hydrogen) atoms. The molecule has 0 saturated heterocycles. The molecule has 10 heteroatoms. The molecule has 0 saturated carbocycles. The predicted octanol–water partition coefficient (Wildman–Crippen LogP) is 3.66. The first kappa shape index (κ1) is 24.7. The van der Waals surface area contributed by atoms with E-state index in [0.29, 0.717) is 47.5 Å². The van der Waals surface area contributed by atoms with Crippen molar-refractivity contribution in [2.24, 2.45) is 0 Å². The lowest BCUT2D eigenvalue weighted by Crippen LogP contribution is -2.26. The number of tetrazole rings is 1. The van der Waals surface area contributed by atoms with Crippen molar-refractivity contribution >= 4 is 23.2 Å². The Hall–Kier alpha value is -3.95. The molecular formula is C24H30N6O4. The van der Waals surface area contributed by atoms with E-state index in [4.69, 9.17) is 9.47 Å². The average Bonchev–Trinajstić information content (AvgIpc) is 3.26. The van der Waals surface area contributed by atoms with Crippen LogP contribution in [0.2, 0.25) is 0 Å². The molecule has 1 heterocycles. The van der Waals surface area contributed by atoms with Crippen LogP contribution in [0.3, 0.4) is 0 Å². The number of benzene rings is 2.